The van der Waals surface area contributed by atoms with E-state index in [9.17, 15) is 14.4 Å². The van der Waals surface area contributed by atoms with Crippen molar-refractivity contribution in [3.05, 3.63) is 69.8 Å². The summed E-state index contributed by atoms with van der Waals surface area (Å²) in [6.45, 7) is 2.18. The molecule has 7 nitrogen and oxygen atoms in total. The largest absolute Gasteiger partial charge is 0.380 e. The van der Waals surface area contributed by atoms with E-state index in [2.05, 4.69) is 16.4 Å². The van der Waals surface area contributed by atoms with Gasteiger partial charge in [0.1, 0.15) is 11.6 Å². The van der Waals surface area contributed by atoms with Crippen molar-refractivity contribution in [1.29, 1.82) is 5.26 Å². The molecule has 3 aromatic rings. The Labute approximate surface area is 173 Å². The molecule has 150 valence electrons. The molecule has 1 aliphatic rings. The van der Waals surface area contributed by atoms with E-state index >= 15 is 0 Å². The summed E-state index contributed by atoms with van der Waals surface area (Å²) in [6.07, 6.45) is 0.485. The standard InChI is InChI=1S/C23H20N4O3/c1-14-26-19-4-2-3-18(25-13-16-7-5-15(12-24)6-8-16)22(19)23(30)27(14)20-10-9-17(28)11-21(20)29/h2-8,20,25H,9-11,13H2,1H3. The number of nitrogens with one attached hydrogen (secondary N) is 1. The molecule has 1 aliphatic carbocycles. The van der Waals surface area contributed by atoms with Crippen LogP contribution < -0.4 is 10.9 Å². The molecule has 0 saturated heterocycles. The summed E-state index contributed by atoms with van der Waals surface area (Å²) < 4.78 is 1.43. The topological polar surface area (TPSA) is 105 Å². The van der Waals surface area contributed by atoms with Crippen LogP contribution in [0, 0.1) is 18.3 Å². The second-order valence-corrected chi connectivity index (χ2v) is 7.43. The van der Waals surface area contributed by atoms with Crippen molar-refractivity contribution >= 4 is 28.2 Å². The number of ketones is 2. The van der Waals surface area contributed by atoms with Gasteiger partial charge in [-0.2, -0.15) is 5.26 Å². The summed E-state index contributed by atoms with van der Waals surface area (Å²) in [5.41, 5.74) is 2.45. The van der Waals surface area contributed by atoms with Crippen LogP contribution in [0.3, 0.4) is 0 Å². The third kappa shape index (κ3) is 3.60. The number of fused-ring (bicyclic) bond motifs is 1. The molecule has 1 fully saturated rings. The minimum absolute atomic E-state index is 0.0829. The van der Waals surface area contributed by atoms with E-state index in [4.69, 9.17) is 5.26 Å². The quantitative estimate of drug-likeness (QED) is 0.675. The molecule has 0 aliphatic heterocycles. The first kappa shape index (κ1) is 19.5. The smallest absolute Gasteiger partial charge is 0.264 e. The van der Waals surface area contributed by atoms with Crippen LogP contribution in [0.2, 0.25) is 0 Å². The van der Waals surface area contributed by atoms with Gasteiger partial charge in [0.25, 0.3) is 5.56 Å². The number of hydrogen-bond donors (Lipinski definition) is 1. The number of anilines is 1. The molecule has 1 aromatic heterocycles. The van der Waals surface area contributed by atoms with Gasteiger partial charge in [0.2, 0.25) is 0 Å². The van der Waals surface area contributed by atoms with E-state index in [1.807, 2.05) is 18.2 Å². The van der Waals surface area contributed by atoms with Gasteiger partial charge in [-0.3, -0.25) is 19.0 Å². The lowest BCUT2D eigenvalue weighted by atomic mass is 9.92. The van der Waals surface area contributed by atoms with Crippen molar-refractivity contribution < 1.29 is 9.59 Å². The average Bonchev–Trinajstić information content (AvgIpc) is 2.73. The van der Waals surface area contributed by atoms with Gasteiger partial charge in [0.05, 0.1) is 35.0 Å². The Morgan fingerprint density at radius 2 is 1.93 bits per heavy atom. The zero-order valence-corrected chi connectivity index (χ0v) is 16.5. The van der Waals surface area contributed by atoms with Gasteiger partial charge in [-0.25, -0.2) is 4.98 Å². The molecular weight excluding hydrogens is 380 g/mol. The number of Topliss-reactive ketones (excluding diaryl/α,β-unsaturated/α-hetero) is 2. The zero-order chi connectivity index (χ0) is 21.3. The summed E-state index contributed by atoms with van der Waals surface area (Å²) in [5, 5.41) is 12.6. The number of benzene rings is 2. The Morgan fingerprint density at radius 1 is 1.17 bits per heavy atom. The fraction of sp³-hybridized carbons (Fsp3) is 0.261. The van der Waals surface area contributed by atoms with Gasteiger partial charge in [0.15, 0.2) is 5.78 Å². The van der Waals surface area contributed by atoms with Crippen molar-refractivity contribution in [2.75, 3.05) is 5.32 Å². The predicted molar refractivity (Wildman–Crippen MR) is 112 cm³/mol. The molecule has 1 N–H and O–H groups in total. The highest BCUT2D eigenvalue weighted by atomic mass is 16.2. The Morgan fingerprint density at radius 3 is 2.63 bits per heavy atom. The summed E-state index contributed by atoms with van der Waals surface area (Å²) in [4.78, 5) is 42.0. The van der Waals surface area contributed by atoms with Gasteiger partial charge >= 0.3 is 0 Å². The maximum Gasteiger partial charge on any atom is 0.264 e. The third-order valence-corrected chi connectivity index (χ3v) is 5.42. The molecule has 0 amide bonds. The lowest BCUT2D eigenvalue weighted by Gasteiger charge is -2.24. The molecule has 1 saturated carbocycles. The second kappa shape index (κ2) is 7.91. The van der Waals surface area contributed by atoms with Crippen LogP contribution in [0.25, 0.3) is 10.9 Å². The van der Waals surface area contributed by atoms with Crippen molar-refractivity contribution in [3.8, 4) is 6.07 Å². The first-order valence-electron chi connectivity index (χ1n) is 9.77. The number of nitrogens with zero attached hydrogens (tertiary/aromatic N) is 3. The molecule has 1 heterocycles. The highest BCUT2D eigenvalue weighted by Gasteiger charge is 2.30. The van der Waals surface area contributed by atoms with E-state index in [0.717, 1.165) is 5.56 Å². The number of aromatic nitrogens is 2. The van der Waals surface area contributed by atoms with Crippen molar-refractivity contribution in [2.24, 2.45) is 0 Å². The normalized spacial score (nSPS) is 16.5. The van der Waals surface area contributed by atoms with E-state index in [1.165, 1.54) is 4.57 Å². The highest BCUT2D eigenvalue weighted by molar-refractivity contribution is 6.03. The molecule has 0 spiro atoms. The fourth-order valence-electron chi connectivity index (χ4n) is 3.89. The van der Waals surface area contributed by atoms with Gasteiger partial charge in [0, 0.05) is 18.7 Å². The monoisotopic (exact) mass is 400 g/mol. The van der Waals surface area contributed by atoms with E-state index in [1.54, 1.807) is 31.2 Å². The number of hydrogen-bond acceptors (Lipinski definition) is 6. The highest BCUT2D eigenvalue weighted by Crippen LogP contribution is 2.26. The molecule has 0 radical (unpaired) electrons. The summed E-state index contributed by atoms with van der Waals surface area (Å²) >= 11 is 0. The minimum atomic E-state index is -0.654. The predicted octanol–water partition coefficient (Wildman–Crippen LogP) is 3.05. The average molecular weight is 400 g/mol. The van der Waals surface area contributed by atoms with Gasteiger partial charge in [-0.1, -0.05) is 18.2 Å². The van der Waals surface area contributed by atoms with Crippen molar-refractivity contribution in [3.63, 3.8) is 0 Å². The Balaban J connectivity index is 1.72. The van der Waals surface area contributed by atoms with E-state index in [0.29, 0.717) is 47.4 Å². The number of carbonyl (C=O) groups excluding carboxylic acids is 2. The molecule has 4 rings (SSSR count). The minimum Gasteiger partial charge on any atom is -0.380 e. The Kier molecular flexibility index (Phi) is 5.15. The Bertz CT molecular complexity index is 1250. The maximum atomic E-state index is 13.4. The van der Waals surface area contributed by atoms with Crippen LogP contribution in [0.4, 0.5) is 5.69 Å². The molecule has 1 unspecified atom stereocenters. The molecular formula is C23H20N4O3. The fourth-order valence-corrected chi connectivity index (χ4v) is 3.89. The molecule has 1 atom stereocenters. The summed E-state index contributed by atoms with van der Waals surface area (Å²) in [6, 6.07) is 14.0. The SMILES string of the molecule is Cc1nc2cccc(NCc3ccc(C#N)cc3)c2c(=O)n1C1CCC(=O)CC1=O. The lowest BCUT2D eigenvalue weighted by Crippen LogP contribution is -2.36. The zero-order valence-electron chi connectivity index (χ0n) is 16.5. The van der Waals surface area contributed by atoms with Crippen LogP contribution in [0.5, 0.6) is 0 Å². The molecule has 30 heavy (non-hydrogen) atoms. The lowest BCUT2D eigenvalue weighted by molar-refractivity contribution is -0.132. The molecule has 0 bridgehead atoms. The molecule has 7 heteroatoms. The number of aryl methyl sites for hydroxylation is 1. The summed E-state index contributed by atoms with van der Waals surface area (Å²) in [5.74, 6) is 0.144. The van der Waals surface area contributed by atoms with Crippen LogP contribution in [-0.2, 0) is 16.1 Å². The van der Waals surface area contributed by atoms with Gasteiger partial charge in [-0.15, -0.1) is 0 Å². The molecule has 2 aromatic carbocycles. The van der Waals surface area contributed by atoms with E-state index < -0.39 is 6.04 Å². The first-order chi connectivity index (χ1) is 14.5. The number of rotatable bonds is 4. The maximum absolute atomic E-state index is 13.4. The van der Waals surface area contributed by atoms with Crippen LogP contribution in [0.1, 0.15) is 42.3 Å². The summed E-state index contributed by atoms with van der Waals surface area (Å²) in [7, 11) is 0. The van der Waals surface area contributed by atoms with Crippen LogP contribution >= 0.6 is 0 Å². The Hall–Kier alpha value is -3.79. The third-order valence-electron chi connectivity index (χ3n) is 5.42. The van der Waals surface area contributed by atoms with Crippen molar-refractivity contribution in [2.45, 2.75) is 38.8 Å². The number of nitriles is 1. The van der Waals surface area contributed by atoms with Gasteiger partial charge < -0.3 is 5.32 Å². The van der Waals surface area contributed by atoms with Crippen molar-refractivity contribution in [1.82, 2.24) is 9.55 Å². The van der Waals surface area contributed by atoms with Gasteiger partial charge in [-0.05, 0) is 43.2 Å². The second-order valence-electron chi connectivity index (χ2n) is 7.43. The van der Waals surface area contributed by atoms with Crippen LogP contribution in [-0.4, -0.2) is 21.1 Å². The van der Waals surface area contributed by atoms with E-state index in [-0.39, 0.29) is 23.5 Å². The number of carbonyl (C=O) groups is 2. The first-order valence-corrected chi connectivity index (χ1v) is 9.77. The van der Waals surface area contributed by atoms with Crippen LogP contribution in [0.15, 0.2) is 47.3 Å².